The second kappa shape index (κ2) is 3.96. The van der Waals surface area contributed by atoms with Crippen molar-refractivity contribution in [1.29, 1.82) is 0 Å². The second-order valence-corrected chi connectivity index (χ2v) is 4.29. The van der Waals surface area contributed by atoms with Crippen LogP contribution in [-0.4, -0.2) is 34.4 Å². The fraction of sp³-hybridized carbons (Fsp3) is 0.778. The first-order valence-corrected chi connectivity index (χ1v) is 4.20. The zero-order chi connectivity index (χ0) is 11.6. The molecular formula is C9H16O5. The summed E-state index contributed by atoms with van der Waals surface area (Å²) >= 11 is 0. The van der Waals surface area contributed by atoms with Crippen molar-refractivity contribution < 1.29 is 24.5 Å². The molecular weight excluding hydrogens is 188 g/mol. The maximum atomic E-state index is 10.7. The molecule has 0 spiro atoms. The molecule has 5 nitrogen and oxygen atoms in total. The number of carboxylic acid groups (broad SMARTS) is 2. The zero-order valence-electron chi connectivity index (χ0n) is 8.83. The van der Waals surface area contributed by atoms with Crippen LogP contribution in [0.5, 0.6) is 0 Å². The summed E-state index contributed by atoms with van der Waals surface area (Å²) in [5.41, 5.74) is -2.43. The van der Waals surface area contributed by atoms with E-state index in [9.17, 15) is 9.59 Å². The summed E-state index contributed by atoms with van der Waals surface area (Å²) in [6, 6.07) is 0. The lowest BCUT2D eigenvalue weighted by Crippen LogP contribution is -2.40. The fourth-order valence-electron chi connectivity index (χ4n) is 0.484. The van der Waals surface area contributed by atoms with Gasteiger partial charge in [-0.1, -0.05) is 0 Å². The largest absolute Gasteiger partial charge is 0.481 e. The molecule has 0 radical (unpaired) electrons. The molecule has 0 aliphatic carbocycles. The Balaban J connectivity index is 4.32. The molecule has 0 saturated heterocycles. The van der Waals surface area contributed by atoms with Crippen LogP contribution >= 0.6 is 0 Å². The normalized spacial score (nSPS) is 12.6. The van der Waals surface area contributed by atoms with Gasteiger partial charge >= 0.3 is 11.9 Å². The number of ether oxygens (including phenoxy) is 1. The average molecular weight is 204 g/mol. The summed E-state index contributed by atoms with van der Waals surface area (Å²) in [5.74, 6) is -2.13. The summed E-state index contributed by atoms with van der Waals surface area (Å²) in [6.45, 7) is 5.59. The summed E-state index contributed by atoms with van der Waals surface area (Å²) in [5, 5.41) is 17.5. The van der Waals surface area contributed by atoms with E-state index in [-0.39, 0.29) is 6.61 Å². The maximum absolute atomic E-state index is 10.7. The number of carboxylic acids is 2. The van der Waals surface area contributed by atoms with Crippen molar-refractivity contribution in [3.63, 3.8) is 0 Å². The number of carbonyl (C=O) groups is 2. The van der Waals surface area contributed by atoms with E-state index in [1.165, 1.54) is 27.7 Å². The van der Waals surface area contributed by atoms with E-state index in [1.54, 1.807) is 0 Å². The molecule has 0 atom stereocenters. The van der Waals surface area contributed by atoms with Crippen LogP contribution in [0.25, 0.3) is 0 Å². The molecule has 82 valence electrons. The van der Waals surface area contributed by atoms with E-state index in [1.807, 2.05) is 0 Å². The minimum absolute atomic E-state index is 0.137. The minimum atomic E-state index is -1.35. The SMILES string of the molecule is CC(C)(COC(C)(C)C(=O)O)C(=O)O. The van der Waals surface area contributed by atoms with Crippen molar-refractivity contribution in [3.8, 4) is 0 Å². The molecule has 0 bridgehead atoms. The predicted molar refractivity (Wildman–Crippen MR) is 49.1 cm³/mol. The van der Waals surface area contributed by atoms with E-state index in [0.717, 1.165) is 0 Å². The van der Waals surface area contributed by atoms with Gasteiger partial charge in [0.2, 0.25) is 0 Å². The quantitative estimate of drug-likeness (QED) is 0.697. The molecule has 0 unspecified atom stereocenters. The van der Waals surface area contributed by atoms with Gasteiger partial charge in [0.1, 0.15) is 0 Å². The van der Waals surface area contributed by atoms with Gasteiger partial charge in [-0.2, -0.15) is 0 Å². The lowest BCUT2D eigenvalue weighted by Gasteiger charge is -2.26. The van der Waals surface area contributed by atoms with Crippen LogP contribution in [0.15, 0.2) is 0 Å². The maximum Gasteiger partial charge on any atom is 0.335 e. The molecule has 0 amide bonds. The first-order valence-electron chi connectivity index (χ1n) is 4.20. The number of hydrogen-bond acceptors (Lipinski definition) is 3. The molecule has 5 heteroatoms. The van der Waals surface area contributed by atoms with E-state index < -0.39 is 23.0 Å². The van der Waals surface area contributed by atoms with Crippen LogP contribution in [0, 0.1) is 5.41 Å². The van der Waals surface area contributed by atoms with Crippen molar-refractivity contribution in [2.75, 3.05) is 6.61 Å². The van der Waals surface area contributed by atoms with Gasteiger partial charge in [-0.05, 0) is 27.7 Å². The highest BCUT2D eigenvalue weighted by Gasteiger charge is 2.34. The average Bonchev–Trinajstić information content (AvgIpc) is 2.01. The lowest BCUT2D eigenvalue weighted by atomic mass is 9.95. The molecule has 0 aliphatic heterocycles. The Morgan fingerprint density at radius 3 is 1.79 bits per heavy atom. The molecule has 14 heavy (non-hydrogen) atoms. The van der Waals surface area contributed by atoms with E-state index in [0.29, 0.717) is 0 Å². The van der Waals surface area contributed by atoms with E-state index >= 15 is 0 Å². The molecule has 0 saturated carbocycles. The Hall–Kier alpha value is -1.10. The van der Waals surface area contributed by atoms with Gasteiger partial charge in [0.25, 0.3) is 0 Å². The smallest absolute Gasteiger partial charge is 0.335 e. The van der Waals surface area contributed by atoms with Gasteiger partial charge in [-0.25, -0.2) is 4.79 Å². The zero-order valence-corrected chi connectivity index (χ0v) is 8.83. The molecule has 0 heterocycles. The van der Waals surface area contributed by atoms with Gasteiger partial charge in [0, 0.05) is 0 Å². The monoisotopic (exact) mass is 204 g/mol. The molecule has 0 aromatic heterocycles. The molecule has 0 fully saturated rings. The predicted octanol–water partition coefficient (Wildman–Crippen LogP) is 0.977. The second-order valence-electron chi connectivity index (χ2n) is 4.29. The van der Waals surface area contributed by atoms with Gasteiger partial charge in [0.15, 0.2) is 5.60 Å². The Morgan fingerprint density at radius 1 is 1.07 bits per heavy atom. The topological polar surface area (TPSA) is 83.8 Å². The highest BCUT2D eigenvalue weighted by molar-refractivity contribution is 5.76. The van der Waals surface area contributed by atoms with Crippen molar-refractivity contribution >= 4 is 11.9 Å². The Kier molecular flexibility index (Phi) is 3.65. The summed E-state index contributed by atoms with van der Waals surface area (Å²) in [4.78, 5) is 21.3. The third-order valence-electron chi connectivity index (χ3n) is 1.89. The van der Waals surface area contributed by atoms with E-state index in [4.69, 9.17) is 14.9 Å². The van der Waals surface area contributed by atoms with Crippen molar-refractivity contribution in [2.24, 2.45) is 5.41 Å². The molecule has 0 aliphatic rings. The van der Waals surface area contributed by atoms with Crippen LogP contribution in [0.3, 0.4) is 0 Å². The van der Waals surface area contributed by atoms with Gasteiger partial charge < -0.3 is 14.9 Å². The van der Waals surface area contributed by atoms with Crippen molar-refractivity contribution in [2.45, 2.75) is 33.3 Å². The highest BCUT2D eigenvalue weighted by atomic mass is 16.5. The molecule has 0 aromatic carbocycles. The standard InChI is InChI=1S/C9H16O5/c1-8(2,6(10)11)5-14-9(3,4)7(12)13/h5H2,1-4H3,(H,10,11)(H,12,13). The van der Waals surface area contributed by atoms with Gasteiger partial charge in [-0.15, -0.1) is 0 Å². The summed E-state index contributed by atoms with van der Waals surface area (Å²) < 4.78 is 5.04. The van der Waals surface area contributed by atoms with Crippen LogP contribution < -0.4 is 0 Å². The first-order chi connectivity index (χ1) is 6.09. The van der Waals surface area contributed by atoms with Crippen LogP contribution in [0.2, 0.25) is 0 Å². The Morgan fingerprint density at radius 2 is 1.50 bits per heavy atom. The molecule has 0 rings (SSSR count). The van der Waals surface area contributed by atoms with E-state index in [2.05, 4.69) is 0 Å². The highest BCUT2D eigenvalue weighted by Crippen LogP contribution is 2.20. The minimum Gasteiger partial charge on any atom is -0.481 e. The third kappa shape index (κ3) is 3.33. The van der Waals surface area contributed by atoms with Gasteiger partial charge in [0.05, 0.1) is 12.0 Å². The number of hydrogen-bond donors (Lipinski definition) is 2. The van der Waals surface area contributed by atoms with Crippen molar-refractivity contribution in [3.05, 3.63) is 0 Å². The van der Waals surface area contributed by atoms with Gasteiger partial charge in [-0.3, -0.25) is 4.79 Å². The summed E-state index contributed by atoms with van der Waals surface area (Å²) in [6.07, 6.45) is 0. The Bertz CT molecular complexity index is 216. The first kappa shape index (κ1) is 12.9. The van der Waals surface area contributed by atoms with Crippen LogP contribution in [-0.2, 0) is 14.3 Å². The van der Waals surface area contributed by atoms with Crippen LogP contribution in [0.1, 0.15) is 27.7 Å². The third-order valence-corrected chi connectivity index (χ3v) is 1.89. The fourth-order valence-corrected chi connectivity index (χ4v) is 0.484. The number of rotatable bonds is 5. The van der Waals surface area contributed by atoms with Crippen molar-refractivity contribution in [1.82, 2.24) is 0 Å². The molecule has 0 aromatic rings. The van der Waals surface area contributed by atoms with Crippen LogP contribution in [0.4, 0.5) is 0 Å². The summed E-state index contributed by atoms with van der Waals surface area (Å²) in [7, 11) is 0. The molecule has 2 N–H and O–H groups in total. The Labute approximate surface area is 82.7 Å². The lowest BCUT2D eigenvalue weighted by molar-refractivity contribution is -0.170. The number of aliphatic carboxylic acids is 2.